The fraction of sp³-hybridized carbons (Fsp3) is 0.412. The van der Waals surface area contributed by atoms with Crippen LogP contribution in [0.5, 0.6) is 0 Å². The molecule has 0 radical (unpaired) electrons. The Morgan fingerprint density at radius 1 is 1.00 bits per heavy atom. The van der Waals surface area contributed by atoms with Gasteiger partial charge in [0, 0.05) is 23.9 Å². The maximum Gasteiger partial charge on any atom is 0.497 e. The van der Waals surface area contributed by atoms with Crippen LogP contribution in [-0.2, 0) is 15.5 Å². The van der Waals surface area contributed by atoms with E-state index < -0.39 is 30.1 Å². The molecule has 0 aliphatic carbocycles. The van der Waals surface area contributed by atoms with Crippen molar-refractivity contribution in [1.29, 1.82) is 0 Å². The topological polar surface area (TPSA) is 96.3 Å². The number of pyridine rings is 2. The first-order valence-corrected chi connectivity index (χ1v) is 9.56. The predicted octanol–water partition coefficient (Wildman–Crippen LogP) is 4.06. The highest BCUT2D eigenvalue weighted by molar-refractivity contribution is 9.10. The van der Waals surface area contributed by atoms with Crippen molar-refractivity contribution in [3.8, 4) is 0 Å². The monoisotopic (exact) mass is 494 g/mol. The number of anilines is 2. The third-order valence-electron chi connectivity index (χ3n) is 4.60. The first-order chi connectivity index (χ1) is 13.1. The van der Waals surface area contributed by atoms with Crippen LogP contribution in [0.3, 0.4) is 0 Å². The molecule has 3 rings (SSSR count). The van der Waals surface area contributed by atoms with Gasteiger partial charge in [-0.1, -0.05) is 11.6 Å². The smallest absolute Gasteiger partial charge is 0.399 e. The molecular weight excluding hydrogens is 475 g/mol. The van der Waals surface area contributed by atoms with Gasteiger partial charge in [-0.25, -0.2) is 9.97 Å². The van der Waals surface area contributed by atoms with E-state index in [1.807, 2.05) is 0 Å². The van der Waals surface area contributed by atoms with E-state index in [9.17, 15) is 13.2 Å². The molecule has 1 aliphatic rings. The SMILES string of the molecule is CC1(C)OB(c2cnc(N)cc2C(F)(F)F)OC1(C)C.Nc1cc(Cl)c(Br)cn1. The van der Waals surface area contributed by atoms with Crippen molar-refractivity contribution in [2.24, 2.45) is 0 Å². The highest BCUT2D eigenvalue weighted by Crippen LogP contribution is 2.38. The van der Waals surface area contributed by atoms with E-state index in [2.05, 4.69) is 25.9 Å². The average Bonchev–Trinajstić information content (AvgIpc) is 2.79. The maximum atomic E-state index is 13.1. The number of aromatic nitrogens is 2. The summed E-state index contributed by atoms with van der Waals surface area (Å²) >= 11 is 8.83. The lowest BCUT2D eigenvalue weighted by atomic mass is 9.77. The van der Waals surface area contributed by atoms with Crippen LogP contribution < -0.4 is 16.9 Å². The molecule has 29 heavy (non-hydrogen) atoms. The van der Waals surface area contributed by atoms with Gasteiger partial charge in [0.15, 0.2) is 0 Å². The molecule has 0 atom stereocenters. The summed E-state index contributed by atoms with van der Waals surface area (Å²) in [6.45, 7) is 7.08. The zero-order valence-corrected chi connectivity index (χ0v) is 18.5. The molecule has 4 N–H and O–H groups in total. The minimum absolute atomic E-state index is 0.162. The number of hydrogen-bond acceptors (Lipinski definition) is 6. The summed E-state index contributed by atoms with van der Waals surface area (Å²) in [5, 5.41) is 0.586. The van der Waals surface area contributed by atoms with Crippen molar-refractivity contribution in [1.82, 2.24) is 9.97 Å². The zero-order chi connectivity index (χ0) is 22.2. The van der Waals surface area contributed by atoms with Crippen LogP contribution in [0.15, 0.2) is 29.0 Å². The fourth-order valence-corrected chi connectivity index (χ4v) is 2.69. The van der Waals surface area contributed by atoms with Crippen molar-refractivity contribution >= 4 is 51.7 Å². The standard InChI is InChI=1S/C12H16BF3N2O2.C5H4BrClN2/c1-10(2)11(3,4)20-13(19-10)8-6-18-9(17)5-7(8)12(14,15)16;6-3-2-9-5(8)1-4(3)7/h5-6H,1-4H3,(H2,17,18);1-2H,(H2,8,9). The Hall–Kier alpha value is -1.56. The minimum Gasteiger partial charge on any atom is -0.399 e. The summed E-state index contributed by atoms with van der Waals surface area (Å²) in [5.74, 6) is 0.237. The van der Waals surface area contributed by atoms with Crippen LogP contribution in [0.2, 0.25) is 5.02 Å². The second-order valence-corrected chi connectivity index (χ2v) is 8.57. The molecule has 12 heteroatoms. The van der Waals surface area contributed by atoms with Gasteiger partial charge in [0.05, 0.1) is 26.3 Å². The summed E-state index contributed by atoms with van der Waals surface area (Å²) in [7, 11) is -1.12. The van der Waals surface area contributed by atoms with Crippen LogP contribution >= 0.6 is 27.5 Å². The van der Waals surface area contributed by atoms with E-state index in [0.29, 0.717) is 10.8 Å². The Morgan fingerprint density at radius 2 is 1.48 bits per heavy atom. The second-order valence-electron chi connectivity index (χ2n) is 7.31. The fourth-order valence-electron chi connectivity index (χ4n) is 2.31. The molecule has 6 nitrogen and oxygen atoms in total. The molecule has 158 valence electrons. The van der Waals surface area contributed by atoms with E-state index in [4.69, 9.17) is 32.4 Å². The third kappa shape index (κ3) is 5.53. The summed E-state index contributed by atoms with van der Waals surface area (Å²) in [6.07, 6.45) is -1.92. The van der Waals surface area contributed by atoms with Gasteiger partial charge < -0.3 is 20.8 Å². The Labute approximate surface area is 180 Å². The summed E-state index contributed by atoms with van der Waals surface area (Å²) in [6, 6.07) is 2.38. The molecule has 1 aliphatic heterocycles. The largest absolute Gasteiger partial charge is 0.497 e. The number of nitrogen functional groups attached to an aromatic ring is 2. The van der Waals surface area contributed by atoms with Crippen molar-refractivity contribution in [3.05, 3.63) is 39.6 Å². The Bertz CT molecular complexity index is 883. The highest BCUT2D eigenvalue weighted by Gasteiger charge is 2.53. The van der Waals surface area contributed by atoms with E-state index >= 15 is 0 Å². The molecule has 0 saturated carbocycles. The van der Waals surface area contributed by atoms with Crippen molar-refractivity contribution in [2.75, 3.05) is 11.5 Å². The van der Waals surface area contributed by atoms with E-state index in [0.717, 1.165) is 16.7 Å². The predicted molar refractivity (Wildman–Crippen MR) is 111 cm³/mol. The first-order valence-electron chi connectivity index (χ1n) is 8.39. The number of halogens is 5. The third-order valence-corrected chi connectivity index (χ3v) is 5.77. The van der Waals surface area contributed by atoms with Gasteiger partial charge in [-0.3, -0.25) is 0 Å². The zero-order valence-electron chi connectivity index (χ0n) is 16.1. The number of hydrogen-bond donors (Lipinski definition) is 2. The maximum absolute atomic E-state index is 13.1. The van der Waals surface area contributed by atoms with Crippen molar-refractivity contribution in [2.45, 2.75) is 45.1 Å². The summed E-state index contributed by atoms with van der Waals surface area (Å²) in [4.78, 5) is 7.50. The minimum atomic E-state index is -4.55. The lowest BCUT2D eigenvalue weighted by Crippen LogP contribution is -2.41. The molecule has 3 heterocycles. The van der Waals surface area contributed by atoms with Gasteiger partial charge in [-0.05, 0) is 49.7 Å². The van der Waals surface area contributed by atoms with Gasteiger partial charge in [-0.15, -0.1) is 0 Å². The molecule has 1 saturated heterocycles. The van der Waals surface area contributed by atoms with Crippen LogP contribution in [0, 0.1) is 0 Å². The molecule has 1 fully saturated rings. The Kier molecular flexibility index (Phi) is 6.78. The molecule has 0 unspecified atom stereocenters. The Morgan fingerprint density at radius 3 is 1.93 bits per heavy atom. The lowest BCUT2D eigenvalue weighted by Gasteiger charge is -2.32. The molecule has 0 spiro atoms. The normalized spacial score (nSPS) is 17.6. The summed E-state index contributed by atoms with van der Waals surface area (Å²) in [5.41, 5.74) is 8.16. The van der Waals surface area contributed by atoms with E-state index in [1.165, 1.54) is 0 Å². The van der Waals surface area contributed by atoms with Gasteiger partial charge in [-0.2, -0.15) is 13.2 Å². The molecule has 0 bridgehead atoms. The van der Waals surface area contributed by atoms with Crippen LogP contribution in [0.25, 0.3) is 0 Å². The molecule has 2 aromatic rings. The number of rotatable bonds is 1. The number of alkyl halides is 3. The van der Waals surface area contributed by atoms with Crippen LogP contribution in [0.4, 0.5) is 24.8 Å². The molecule has 0 aromatic carbocycles. The number of nitrogens with two attached hydrogens (primary N) is 2. The highest BCUT2D eigenvalue weighted by atomic mass is 79.9. The second kappa shape index (κ2) is 8.29. The Balaban J connectivity index is 0.000000278. The first kappa shape index (κ1) is 23.7. The van der Waals surface area contributed by atoms with Crippen LogP contribution in [-0.4, -0.2) is 28.3 Å². The summed E-state index contributed by atoms with van der Waals surface area (Å²) < 4.78 is 51.2. The van der Waals surface area contributed by atoms with Gasteiger partial charge in [0.2, 0.25) is 0 Å². The number of nitrogens with zero attached hydrogens (tertiary/aromatic N) is 2. The average molecular weight is 496 g/mol. The van der Waals surface area contributed by atoms with Crippen LogP contribution in [0.1, 0.15) is 33.3 Å². The molecule has 0 amide bonds. The van der Waals surface area contributed by atoms with Gasteiger partial charge in [0.25, 0.3) is 0 Å². The molecular formula is C17H20BBrClF3N4O2. The van der Waals surface area contributed by atoms with Crippen molar-refractivity contribution in [3.63, 3.8) is 0 Å². The van der Waals surface area contributed by atoms with E-state index in [1.54, 1.807) is 40.0 Å². The van der Waals surface area contributed by atoms with Gasteiger partial charge >= 0.3 is 13.3 Å². The van der Waals surface area contributed by atoms with Gasteiger partial charge in [0.1, 0.15) is 11.6 Å². The van der Waals surface area contributed by atoms with E-state index in [-0.39, 0.29) is 11.3 Å². The molecule has 2 aromatic heterocycles. The van der Waals surface area contributed by atoms with Crippen molar-refractivity contribution < 1.29 is 22.5 Å². The lowest BCUT2D eigenvalue weighted by molar-refractivity contribution is -0.136. The quantitative estimate of drug-likeness (QED) is 0.580.